The third kappa shape index (κ3) is 23.6. The maximum Gasteiger partial charge on any atom is 0.243 e. The highest BCUT2D eigenvalue weighted by Gasteiger charge is 2.21. The minimum atomic E-state index is -0.441. The summed E-state index contributed by atoms with van der Waals surface area (Å²) in [5, 5.41) is 3.43. The number of nitrogens with zero attached hydrogens (tertiary/aromatic N) is 1. The molecule has 6 nitrogen and oxygen atoms in total. The van der Waals surface area contributed by atoms with Gasteiger partial charge < -0.3 is 25.4 Å². The molecular weight excluding hydrogens is 378 g/mol. The number of unbranched alkanes of at least 4 members (excludes halogenated alkanes) is 1. The van der Waals surface area contributed by atoms with Crippen LogP contribution in [0.2, 0.25) is 0 Å². The second-order valence-electron chi connectivity index (χ2n) is 6.56. The molecule has 2 fully saturated rings. The van der Waals surface area contributed by atoms with Gasteiger partial charge in [0.2, 0.25) is 5.91 Å². The van der Waals surface area contributed by atoms with Gasteiger partial charge >= 0.3 is 0 Å². The Labute approximate surface area is 188 Å². The molecule has 0 unspecified atom stereocenters. The van der Waals surface area contributed by atoms with Gasteiger partial charge in [0.15, 0.2) is 0 Å². The lowest BCUT2D eigenvalue weighted by Crippen LogP contribution is -2.45. The van der Waals surface area contributed by atoms with E-state index < -0.39 is 5.91 Å². The first-order valence-corrected chi connectivity index (χ1v) is 12.6. The van der Waals surface area contributed by atoms with Crippen LogP contribution in [0.5, 0.6) is 0 Å². The van der Waals surface area contributed by atoms with Gasteiger partial charge in [0.25, 0.3) is 0 Å². The number of piperidine rings is 2. The Kier molecular flexibility index (Phi) is 34.5. The van der Waals surface area contributed by atoms with Crippen LogP contribution in [0.1, 0.15) is 93.4 Å². The predicted octanol–water partition coefficient (Wildman–Crippen LogP) is 4.61. The number of carbonyl (C=O) groups is 1. The third-order valence-corrected chi connectivity index (χ3v) is 4.47. The second-order valence-corrected chi connectivity index (χ2v) is 6.56. The first-order chi connectivity index (χ1) is 14.7. The number of hydrogen-bond acceptors (Lipinski definition) is 5. The molecule has 2 aliphatic rings. The van der Waals surface area contributed by atoms with Crippen LogP contribution in [0.15, 0.2) is 0 Å². The lowest BCUT2D eigenvalue weighted by molar-refractivity contribution is -0.123. The van der Waals surface area contributed by atoms with E-state index >= 15 is 0 Å². The van der Waals surface area contributed by atoms with Crippen LogP contribution >= 0.6 is 0 Å². The van der Waals surface area contributed by atoms with E-state index in [1.165, 1.54) is 58.3 Å². The Morgan fingerprint density at radius 2 is 1.43 bits per heavy atom. The number of primary amides is 1. The highest BCUT2D eigenvalue weighted by molar-refractivity contribution is 5.74. The average Bonchev–Trinajstić information content (AvgIpc) is 2.84. The maximum atomic E-state index is 10.2. The van der Waals surface area contributed by atoms with Crippen molar-refractivity contribution in [1.82, 2.24) is 10.2 Å². The van der Waals surface area contributed by atoms with Crippen LogP contribution in [0.25, 0.3) is 0 Å². The summed E-state index contributed by atoms with van der Waals surface area (Å²) in [6.45, 7) is 21.0. The Morgan fingerprint density at radius 1 is 0.900 bits per heavy atom. The molecule has 2 saturated heterocycles. The van der Waals surface area contributed by atoms with E-state index in [0.29, 0.717) is 13.2 Å². The maximum absolute atomic E-state index is 10.2. The summed E-state index contributed by atoms with van der Waals surface area (Å²) < 4.78 is 10.1. The Hall–Kier alpha value is -0.690. The summed E-state index contributed by atoms with van der Waals surface area (Å²) in [7, 11) is 0. The van der Waals surface area contributed by atoms with Gasteiger partial charge in [-0.05, 0) is 58.3 Å². The SMILES string of the molecule is C1CCN(C2CCNCC2)CC1.CC.CC.CC.CCCCOCCOCC(N)=O. The summed E-state index contributed by atoms with van der Waals surface area (Å²) in [5.74, 6) is -0.441. The van der Waals surface area contributed by atoms with Gasteiger partial charge in [-0.25, -0.2) is 0 Å². The lowest BCUT2D eigenvalue weighted by atomic mass is 10.0. The van der Waals surface area contributed by atoms with Crippen LogP contribution in [0.3, 0.4) is 0 Å². The number of ether oxygens (including phenoxy) is 2. The fraction of sp³-hybridized carbons (Fsp3) is 0.958. The molecule has 0 spiro atoms. The highest BCUT2D eigenvalue weighted by Crippen LogP contribution is 2.17. The molecule has 0 aromatic rings. The van der Waals surface area contributed by atoms with Crippen molar-refractivity contribution >= 4 is 5.91 Å². The van der Waals surface area contributed by atoms with Crippen LogP contribution in [0.4, 0.5) is 0 Å². The fourth-order valence-corrected chi connectivity index (χ4v) is 3.09. The van der Waals surface area contributed by atoms with E-state index in [-0.39, 0.29) is 6.61 Å². The van der Waals surface area contributed by atoms with Gasteiger partial charge in [0.1, 0.15) is 6.61 Å². The van der Waals surface area contributed by atoms with E-state index in [1.54, 1.807) is 0 Å². The molecule has 1 amide bonds. The van der Waals surface area contributed by atoms with Crippen molar-refractivity contribution in [2.75, 3.05) is 52.6 Å². The molecule has 0 radical (unpaired) electrons. The van der Waals surface area contributed by atoms with Gasteiger partial charge in [0, 0.05) is 12.6 Å². The number of rotatable bonds is 9. The van der Waals surface area contributed by atoms with Crippen molar-refractivity contribution in [3.05, 3.63) is 0 Å². The van der Waals surface area contributed by atoms with E-state index in [1.807, 2.05) is 41.5 Å². The number of carbonyl (C=O) groups excluding carboxylic acids is 1. The minimum Gasteiger partial charge on any atom is -0.379 e. The van der Waals surface area contributed by atoms with Gasteiger partial charge in [-0.15, -0.1) is 0 Å². The number of nitrogens with one attached hydrogen (secondary N) is 1. The highest BCUT2D eigenvalue weighted by atomic mass is 16.5. The van der Waals surface area contributed by atoms with E-state index in [9.17, 15) is 4.79 Å². The minimum absolute atomic E-state index is 0.0167. The molecule has 3 N–H and O–H groups in total. The molecule has 30 heavy (non-hydrogen) atoms. The average molecular weight is 434 g/mol. The van der Waals surface area contributed by atoms with E-state index in [2.05, 4.69) is 17.1 Å². The van der Waals surface area contributed by atoms with Gasteiger partial charge in [-0.1, -0.05) is 61.3 Å². The monoisotopic (exact) mass is 433 g/mol. The normalized spacial score (nSPS) is 16.2. The number of nitrogens with two attached hydrogens (primary N) is 1. The van der Waals surface area contributed by atoms with Crippen LogP contribution in [-0.2, 0) is 14.3 Å². The zero-order valence-corrected chi connectivity index (χ0v) is 21.4. The second kappa shape index (κ2) is 30.5. The van der Waals surface area contributed by atoms with Gasteiger partial charge in [-0.3, -0.25) is 4.79 Å². The molecule has 0 aromatic carbocycles. The first-order valence-electron chi connectivity index (χ1n) is 12.6. The number of hydrogen-bond donors (Lipinski definition) is 2. The topological polar surface area (TPSA) is 76.8 Å². The number of amides is 1. The third-order valence-electron chi connectivity index (χ3n) is 4.47. The molecular formula is C24H55N3O3. The van der Waals surface area contributed by atoms with Crippen molar-refractivity contribution in [3.8, 4) is 0 Å². The summed E-state index contributed by atoms with van der Waals surface area (Å²) >= 11 is 0. The van der Waals surface area contributed by atoms with Crippen molar-refractivity contribution in [2.24, 2.45) is 5.73 Å². The summed E-state index contributed by atoms with van der Waals surface area (Å²) in [6.07, 6.45) is 9.27. The lowest BCUT2D eigenvalue weighted by Gasteiger charge is -2.36. The predicted molar refractivity (Wildman–Crippen MR) is 131 cm³/mol. The van der Waals surface area contributed by atoms with Crippen molar-refractivity contribution < 1.29 is 14.3 Å². The largest absolute Gasteiger partial charge is 0.379 e. The first kappa shape index (κ1) is 33.9. The fourth-order valence-electron chi connectivity index (χ4n) is 3.09. The zero-order chi connectivity index (χ0) is 23.5. The molecule has 2 rings (SSSR count). The summed E-state index contributed by atoms with van der Waals surface area (Å²) in [6, 6.07) is 0.909. The van der Waals surface area contributed by atoms with Crippen molar-refractivity contribution in [1.29, 1.82) is 0 Å². The molecule has 2 heterocycles. The molecule has 0 aliphatic carbocycles. The molecule has 0 bridgehead atoms. The molecule has 0 saturated carbocycles. The quantitative estimate of drug-likeness (QED) is 0.519. The Morgan fingerprint density at radius 3 is 1.93 bits per heavy atom. The number of likely N-dealkylation sites (tertiary alicyclic amines) is 1. The van der Waals surface area contributed by atoms with E-state index in [0.717, 1.165) is 25.5 Å². The van der Waals surface area contributed by atoms with E-state index in [4.69, 9.17) is 15.2 Å². The van der Waals surface area contributed by atoms with Crippen LogP contribution in [0, 0.1) is 0 Å². The zero-order valence-electron chi connectivity index (χ0n) is 21.4. The standard InChI is InChI=1S/C10H20N2.C8H17NO3.3C2H6/c1-2-8-12(9-3-1)10-4-6-11-7-5-10;1-2-3-4-11-5-6-12-7-8(9)10;3*1-2/h10-11H,1-9H2;2-7H2,1H3,(H2,9,10);3*1-2H3. The molecule has 0 aromatic heterocycles. The Balaban J connectivity index is -0.000000389. The van der Waals surface area contributed by atoms with Crippen molar-refractivity contribution in [2.45, 2.75) is 99.5 Å². The summed E-state index contributed by atoms with van der Waals surface area (Å²) in [4.78, 5) is 12.9. The van der Waals surface area contributed by atoms with Gasteiger partial charge in [0.05, 0.1) is 13.2 Å². The van der Waals surface area contributed by atoms with Crippen LogP contribution < -0.4 is 11.1 Å². The molecule has 2 aliphatic heterocycles. The molecule has 0 atom stereocenters. The van der Waals surface area contributed by atoms with Gasteiger partial charge in [-0.2, -0.15) is 0 Å². The molecule has 184 valence electrons. The molecule has 6 heteroatoms. The van der Waals surface area contributed by atoms with Crippen molar-refractivity contribution in [3.63, 3.8) is 0 Å². The Bertz CT molecular complexity index is 290. The smallest absolute Gasteiger partial charge is 0.243 e. The van der Waals surface area contributed by atoms with Crippen LogP contribution in [-0.4, -0.2) is 69.5 Å². The summed E-state index contributed by atoms with van der Waals surface area (Å²) in [5.41, 5.74) is 4.85.